The number of anilines is 1. The largest absolute Gasteiger partial charge is 0.369 e. The van der Waals surface area contributed by atoms with Crippen LogP contribution in [0.2, 0.25) is 0 Å². The van der Waals surface area contributed by atoms with Gasteiger partial charge >= 0.3 is 0 Å². The molecular formula is C10H13N5O. The lowest BCUT2D eigenvalue weighted by atomic mass is 10.4. The molecule has 0 radical (unpaired) electrons. The number of aromatic nitrogens is 3. The van der Waals surface area contributed by atoms with Gasteiger partial charge in [-0.05, 0) is 12.1 Å². The summed E-state index contributed by atoms with van der Waals surface area (Å²) in [6.45, 7) is 2.56. The van der Waals surface area contributed by atoms with Crippen LogP contribution in [0.15, 0.2) is 18.3 Å². The van der Waals surface area contributed by atoms with Crippen molar-refractivity contribution in [3.8, 4) is 0 Å². The molecule has 84 valence electrons. The Bertz CT molecular complexity index is 519. The molecule has 2 heterocycles. The quantitative estimate of drug-likeness (QED) is 0.769. The van der Waals surface area contributed by atoms with Crippen LogP contribution in [0.25, 0.3) is 11.2 Å². The summed E-state index contributed by atoms with van der Waals surface area (Å²) in [5.41, 5.74) is 7.28. The van der Waals surface area contributed by atoms with Gasteiger partial charge in [-0.25, -0.2) is 9.97 Å². The Morgan fingerprint density at radius 3 is 3.19 bits per heavy atom. The van der Waals surface area contributed by atoms with Gasteiger partial charge in [0, 0.05) is 26.2 Å². The van der Waals surface area contributed by atoms with Crippen LogP contribution >= 0.6 is 0 Å². The minimum absolute atomic E-state index is 0.0593. The average molecular weight is 219 g/mol. The SMILES string of the molecule is CC(=O)NCCn1c(N)nc2cccnc21. The van der Waals surface area contributed by atoms with Gasteiger partial charge in [-0.1, -0.05) is 0 Å². The van der Waals surface area contributed by atoms with E-state index in [2.05, 4.69) is 15.3 Å². The number of fused-ring (bicyclic) bond motifs is 1. The molecule has 2 aromatic heterocycles. The number of amides is 1. The molecule has 1 amide bonds. The van der Waals surface area contributed by atoms with Crippen molar-refractivity contribution in [2.75, 3.05) is 12.3 Å². The zero-order valence-corrected chi connectivity index (χ0v) is 8.97. The Morgan fingerprint density at radius 1 is 1.62 bits per heavy atom. The highest BCUT2D eigenvalue weighted by Crippen LogP contribution is 2.13. The van der Waals surface area contributed by atoms with Crippen molar-refractivity contribution in [1.82, 2.24) is 19.9 Å². The van der Waals surface area contributed by atoms with Crippen molar-refractivity contribution < 1.29 is 4.79 Å². The summed E-state index contributed by atoms with van der Waals surface area (Å²) in [4.78, 5) is 19.1. The summed E-state index contributed by atoms with van der Waals surface area (Å²) >= 11 is 0. The Kier molecular flexibility index (Phi) is 2.72. The van der Waals surface area contributed by atoms with Gasteiger partial charge in [0.1, 0.15) is 5.52 Å². The molecule has 0 saturated heterocycles. The van der Waals surface area contributed by atoms with Crippen LogP contribution in [0.4, 0.5) is 5.95 Å². The topological polar surface area (TPSA) is 85.8 Å². The lowest BCUT2D eigenvalue weighted by Gasteiger charge is -2.05. The second-order valence-corrected chi connectivity index (χ2v) is 3.45. The first kappa shape index (κ1) is 10.4. The number of pyridine rings is 1. The molecule has 0 bridgehead atoms. The van der Waals surface area contributed by atoms with Crippen LogP contribution in [0.5, 0.6) is 0 Å². The van der Waals surface area contributed by atoms with Crippen LogP contribution in [0, 0.1) is 0 Å². The summed E-state index contributed by atoms with van der Waals surface area (Å²) < 4.78 is 1.78. The maximum Gasteiger partial charge on any atom is 0.216 e. The van der Waals surface area contributed by atoms with E-state index in [1.165, 1.54) is 6.92 Å². The van der Waals surface area contributed by atoms with E-state index in [-0.39, 0.29) is 5.91 Å². The number of carbonyl (C=O) groups is 1. The molecule has 0 aromatic carbocycles. The van der Waals surface area contributed by atoms with E-state index in [0.717, 1.165) is 11.2 Å². The molecule has 0 fully saturated rings. The van der Waals surface area contributed by atoms with Crippen molar-refractivity contribution >= 4 is 23.0 Å². The summed E-state index contributed by atoms with van der Waals surface area (Å²) in [7, 11) is 0. The summed E-state index contributed by atoms with van der Waals surface area (Å²) in [6.07, 6.45) is 1.69. The molecule has 0 aliphatic heterocycles. The second kappa shape index (κ2) is 4.18. The molecule has 0 aliphatic carbocycles. The van der Waals surface area contributed by atoms with Crippen molar-refractivity contribution in [2.45, 2.75) is 13.5 Å². The average Bonchev–Trinajstić information content (AvgIpc) is 2.55. The predicted octanol–water partition coefficient (Wildman–Crippen LogP) is 0.150. The fraction of sp³-hybridized carbons (Fsp3) is 0.300. The zero-order chi connectivity index (χ0) is 11.5. The van der Waals surface area contributed by atoms with E-state index in [9.17, 15) is 4.79 Å². The number of nitrogen functional groups attached to an aromatic ring is 1. The van der Waals surface area contributed by atoms with Gasteiger partial charge in [0.25, 0.3) is 0 Å². The minimum Gasteiger partial charge on any atom is -0.369 e. The maximum absolute atomic E-state index is 10.7. The Labute approximate surface area is 92.5 Å². The lowest BCUT2D eigenvalue weighted by molar-refractivity contribution is -0.118. The molecule has 6 heteroatoms. The Balaban J connectivity index is 2.22. The normalized spacial score (nSPS) is 10.6. The minimum atomic E-state index is -0.0593. The number of nitrogens with one attached hydrogen (secondary N) is 1. The lowest BCUT2D eigenvalue weighted by Crippen LogP contribution is -2.25. The molecule has 0 aliphatic rings. The third kappa shape index (κ3) is 1.95. The van der Waals surface area contributed by atoms with Gasteiger partial charge in [-0.15, -0.1) is 0 Å². The van der Waals surface area contributed by atoms with Crippen molar-refractivity contribution in [3.05, 3.63) is 18.3 Å². The molecular weight excluding hydrogens is 206 g/mol. The third-order valence-electron chi connectivity index (χ3n) is 2.24. The van der Waals surface area contributed by atoms with E-state index in [0.29, 0.717) is 19.0 Å². The molecule has 16 heavy (non-hydrogen) atoms. The van der Waals surface area contributed by atoms with Crippen LogP contribution in [0.3, 0.4) is 0 Å². The number of hydrogen-bond donors (Lipinski definition) is 2. The molecule has 2 aromatic rings. The molecule has 0 unspecified atom stereocenters. The molecule has 0 saturated carbocycles. The van der Waals surface area contributed by atoms with Crippen LogP contribution in [-0.2, 0) is 11.3 Å². The van der Waals surface area contributed by atoms with E-state index in [1.54, 1.807) is 10.8 Å². The second-order valence-electron chi connectivity index (χ2n) is 3.45. The molecule has 0 spiro atoms. The molecule has 0 atom stereocenters. The highest BCUT2D eigenvalue weighted by atomic mass is 16.1. The number of rotatable bonds is 3. The Morgan fingerprint density at radius 2 is 2.44 bits per heavy atom. The zero-order valence-electron chi connectivity index (χ0n) is 8.97. The van der Waals surface area contributed by atoms with E-state index in [4.69, 9.17) is 5.73 Å². The first-order valence-electron chi connectivity index (χ1n) is 4.99. The number of nitrogens with two attached hydrogens (primary N) is 1. The highest BCUT2D eigenvalue weighted by Gasteiger charge is 2.07. The predicted molar refractivity (Wildman–Crippen MR) is 60.6 cm³/mol. The van der Waals surface area contributed by atoms with Gasteiger partial charge in [0.2, 0.25) is 11.9 Å². The first-order chi connectivity index (χ1) is 7.68. The smallest absolute Gasteiger partial charge is 0.216 e. The van der Waals surface area contributed by atoms with Crippen molar-refractivity contribution in [3.63, 3.8) is 0 Å². The summed E-state index contributed by atoms with van der Waals surface area (Å²) in [6, 6.07) is 3.67. The van der Waals surface area contributed by atoms with Crippen LogP contribution in [0.1, 0.15) is 6.92 Å². The first-order valence-corrected chi connectivity index (χ1v) is 4.99. The number of hydrogen-bond acceptors (Lipinski definition) is 4. The van der Waals surface area contributed by atoms with Gasteiger partial charge in [-0.3, -0.25) is 9.36 Å². The third-order valence-corrected chi connectivity index (χ3v) is 2.24. The fourth-order valence-electron chi connectivity index (χ4n) is 1.54. The molecule has 2 rings (SSSR count). The van der Waals surface area contributed by atoms with E-state index in [1.807, 2.05) is 12.1 Å². The maximum atomic E-state index is 10.7. The molecule has 3 N–H and O–H groups in total. The summed E-state index contributed by atoms with van der Waals surface area (Å²) in [5.74, 6) is 0.356. The number of nitrogens with zero attached hydrogens (tertiary/aromatic N) is 3. The molecule has 6 nitrogen and oxygen atoms in total. The van der Waals surface area contributed by atoms with Crippen molar-refractivity contribution in [1.29, 1.82) is 0 Å². The Hall–Kier alpha value is -2.11. The van der Waals surface area contributed by atoms with Gasteiger partial charge in [0.05, 0.1) is 0 Å². The van der Waals surface area contributed by atoms with Crippen LogP contribution in [-0.4, -0.2) is 27.0 Å². The summed E-state index contributed by atoms with van der Waals surface area (Å²) in [5, 5.41) is 2.70. The standard InChI is InChI=1S/C10H13N5O/c1-7(16)12-5-6-15-9-8(14-10(15)11)3-2-4-13-9/h2-4H,5-6H2,1H3,(H2,11,14)(H,12,16). The monoisotopic (exact) mass is 219 g/mol. The van der Waals surface area contributed by atoms with Crippen LogP contribution < -0.4 is 11.1 Å². The van der Waals surface area contributed by atoms with E-state index < -0.39 is 0 Å². The highest BCUT2D eigenvalue weighted by molar-refractivity contribution is 5.74. The van der Waals surface area contributed by atoms with Gasteiger partial charge in [0.15, 0.2) is 5.65 Å². The number of carbonyl (C=O) groups excluding carboxylic acids is 1. The van der Waals surface area contributed by atoms with Gasteiger partial charge in [-0.2, -0.15) is 0 Å². The number of imidazole rings is 1. The van der Waals surface area contributed by atoms with Crippen molar-refractivity contribution in [2.24, 2.45) is 0 Å². The fourth-order valence-corrected chi connectivity index (χ4v) is 1.54. The van der Waals surface area contributed by atoms with E-state index >= 15 is 0 Å². The van der Waals surface area contributed by atoms with Gasteiger partial charge < -0.3 is 11.1 Å².